The number of imidazole rings is 1. The van der Waals surface area contributed by atoms with Crippen molar-refractivity contribution in [2.24, 2.45) is 0 Å². The molecule has 0 amide bonds. The minimum absolute atomic E-state index is 0.144. The Balaban J connectivity index is 1.92. The zero-order valence-corrected chi connectivity index (χ0v) is 11.9. The van der Waals surface area contributed by atoms with Crippen molar-refractivity contribution in [2.45, 2.75) is 6.42 Å². The SMILES string of the molecule is COCCOCCCNc1nc2ccccn2c1C(=O)O. The minimum Gasteiger partial charge on any atom is -0.476 e. The van der Waals surface area contributed by atoms with E-state index in [2.05, 4.69) is 10.3 Å². The third kappa shape index (κ3) is 3.93. The van der Waals surface area contributed by atoms with Gasteiger partial charge in [0.1, 0.15) is 5.65 Å². The average Bonchev–Trinajstić information content (AvgIpc) is 2.84. The number of hydrogen-bond donors (Lipinski definition) is 2. The fraction of sp³-hybridized carbons (Fsp3) is 0.429. The lowest BCUT2D eigenvalue weighted by atomic mass is 10.4. The molecule has 114 valence electrons. The summed E-state index contributed by atoms with van der Waals surface area (Å²) in [6, 6.07) is 5.36. The van der Waals surface area contributed by atoms with E-state index in [1.807, 2.05) is 6.07 Å². The second-order valence-electron chi connectivity index (χ2n) is 4.43. The molecule has 0 saturated carbocycles. The topological polar surface area (TPSA) is 85.1 Å². The van der Waals surface area contributed by atoms with Gasteiger partial charge in [0.2, 0.25) is 0 Å². The summed E-state index contributed by atoms with van der Waals surface area (Å²) in [5, 5.41) is 12.4. The average molecular weight is 293 g/mol. The van der Waals surface area contributed by atoms with Gasteiger partial charge >= 0.3 is 5.97 Å². The molecule has 21 heavy (non-hydrogen) atoms. The lowest BCUT2D eigenvalue weighted by molar-refractivity contribution is 0.0690. The molecule has 0 bridgehead atoms. The molecule has 0 aliphatic carbocycles. The highest BCUT2D eigenvalue weighted by Gasteiger charge is 2.17. The fourth-order valence-corrected chi connectivity index (χ4v) is 1.95. The van der Waals surface area contributed by atoms with Crippen LogP contribution in [0.1, 0.15) is 16.9 Å². The van der Waals surface area contributed by atoms with Crippen LogP contribution in [0.2, 0.25) is 0 Å². The van der Waals surface area contributed by atoms with E-state index >= 15 is 0 Å². The van der Waals surface area contributed by atoms with Crippen LogP contribution in [0.5, 0.6) is 0 Å². The summed E-state index contributed by atoms with van der Waals surface area (Å²) >= 11 is 0. The van der Waals surface area contributed by atoms with E-state index in [1.165, 1.54) is 0 Å². The van der Waals surface area contributed by atoms with Gasteiger partial charge in [-0.3, -0.25) is 4.40 Å². The maximum Gasteiger partial charge on any atom is 0.356 e. The summed E-state index contributed by atoms with van der Waals surface area (Å²) in [5.74, 6) is -0.627. The molecule has 2 aromatic heterocycles. The van der Waals surface area contributed by atoms with Gasteiger partial charge in [0.05, 0.1) is 13.2 Å². The van der Waals surface area contributed by atoms with Gasteiger partial charge in [0.25, 0.3) is 0 Å². The van der Waals surface area contributed by atoms with E-state index in [4.69, 9.17) is 9.47 Å². The zero-order chi connectivity index (χ0) is 15.1. The first-order valence-electron chi connectivity index (χ1n) is 6.75. The van der Waals surface area contributed by atoms with Crippen molar-refractivity contribution in [3.63, 3.8) is 0 Å². The molecule has 7 nitrogen and oxygen atoms in total. The molecule has 0 aromatic carbocycles. The van der Waals surface area contributed by atoms with Gasteiger partial charge in [0.15, 0.2) is 11.5 Å². The summed E-state index contributed by atoms with van der Waals surface area (Å²) < 4.78 is 11.8. The Labute approximate surface area is 122 Å². The Hall–Kier alpha value is -2.12. The number of pyridine rings is 1. The van der Waals surface area contributed by atoms with E-state index in [0.29, 0.717) is 37.8 Å². The van der Waals surface area contributed by atoms with Crippen molar-refractivity contribution in [1.82, 2.24) is 9.38 Å². The summed E-state index contributed by atoms with van der Waals surface area (Å²) in [4.78, 5) is 15.7. The molecule has 0 fully saturated rings. The van der Waals surface area contributed by atoms with Gasteiger partial charge in [-0.2, -0.15) is 0 Å². The van der Waals surface area contributed by atoms with E-state index in [0.717, 1.165) is 6.42 Å². The molecule has 0 radical (unpaired) electrons. The van der Waals surface area contributed by atoms with E-state index < -0.39 is 5.97 Å². The highest BCUT2D eigenvalue weighted by Crippen LogP contribution is 2.17. The lowest BCUT2D eigenvalue weighted by Crippen LogP contribution is -2.11. The van der Waals surface area contributed by atoms with Crippen LogP contribution in [-0.4, -0.2) is 53.9 Å². The van der Waals surface area contributed by atoms with Gasteiger partial charge in [0, 0.05) is 26.5 Å². The number of fused-ring (bicyclic) bond motifs is 1. The number of carboxylic acids is 1. The normalized spacial score (nSPS) is 10.9. The predicted molar refractivity (Wildman–Crippen MR) is 78.0 cm³/mol. The van der Waals surface area contributed by atoms with Crippen molar-refractivity contribution < 1.29 is 19.4 Å². The maximum absolute atomic E-state index is 11.4. The first-order valence-corrected chi connectivity index (χ1v) is 6.75. The van der Waals surface area contributed by atoms with E-state index in [-0.39, 0.29) is 5.69 Å². The largest absolute Gasteiger partial charge is 0.476 e. The summed E-state index contributed by atoms with van der Waals surface area (Å²) in [6.45, 7) is 2.32. The number of aromatic nitrogens is 2. The van der Waals surface area contributed by atoms with Crippen LogP contribution in [0.3, 0.4) is 0 Å². The van der Waals surface area contributed by atoms with Gasteiger partial charge in [-0.1, -0.05) is 6.07 Å². The Bertz CT molecular complexity index is 597. The Morgan fingerprint density at radius 1 is 1.38 bits per heavy atom. The highest BCUT2D eigenvalue weighted by atomic mass is 16.5. The van der Waals surface area contributed by atoms with E-state index in [9.17, 15) is 9.90 Å². The zero-order valence-electron chi connectivity index (χ0n) is 11.9. The number of anilines is 1. The molecule has 0 unspecified atom stereocenters. The molecule has 0 aliphatic rings. The number of rotatable bonds is 9. The second kappa shape index (κ2) is 7.61. The monoisotopic (exact) mass is 293 g/mol. The highest BCUT2D eigenvalue weighted by molar-refractivity contribution is 5.92. The van der Waals surface area contributed by atoms with Crippen molar-refractivity contribution in [1.29, 1.82) is 0 Å². The van der Waals surface area contributed by atoms with Gasteiger partial charge in [-0.05, 0) is 18.6 Å². The molecule has 0 atom stereocenters. The second-order valence-corrected chi connectivity index (χ2v) is 4.43. The lowest BCUT2D eigenvalue weighted by Gasteiger charge is -2.05. The third-order valence-corrected chi connectivity index (χ3v) is 2.92. The standard InChI is InChI=1S/C14H19N3O4/c1-20-9-10-21-8-4-6-15-13-12(14(18)19)17-7-3-2-5-11(17)16-13/h2-3,5,7,15H,4,6,8-10H2,1H3,(H,18,19). The van der Waals surface area contributed by atoms with Gasteiger partial charge < -0.3 is 19.9 Å². The minimum atomic E-state index is -1.01. The third-order valence-electron chi connectivity index (χ3n) is 2.92. The molecule has 0 aliphatic heterocycles. The van der Waals surface area contributed by atoms with Crippen LogP contribution >= 0.6 is 0 Å². The van der Waals surface area contributed by atoms with Crippen molar-refractivity contribution >= 4 is 17.4 Å². The molecule has 0 spiro atoms. The van der Waals surface area contributed by atoms with Crippen LogP contribution in [0, 0.1) is 0 Å². The number of ether oxygens (including phenoxy) is 2. The van der Waals surface area contributed by atoms with E-state index in [1.54, 1.807) is 29.8 Å². The fourth-order valence-electron chi connectivity index (χ4n) is 1.95. The molecule has 0 saturated heterocycles. The molecule has 2 aromatic rings. The molecular weight excluding hydrogens is 274 g/mol. The number of nitrogens with zero attached hydrogens (tertiary/aromatic N) is 2. The Morgan fingerprint density at radius 3 is 3.00 bits per heavy atom. The number of methoxy groups -OCH3 is 1. The molecule has 7 heteroatoms. The molecule has 2 N–H and O–H groups in total. The summed E-state index contributed by atoms with van der Waals surface area (Å²) in [6.07, 6.45) is 2.45. The van der Waals surface area contributed by atoms with Crippen LogP contribution in [0.25, 0.3) is 5.65 Å². The molecule has 2 rings (SSSR count). The van der Waals surface area contributed by atoms with Crippen molar-refractivity contribution in [2.75, 3.05) is 38.8 Å². The number of aromatic carboxylic acids is 1. The Kier molecular flexibility index (Phi) is 5.53. The number of hydrogen-bond acceptors (Lipinski definition) is 5. The first-order chi connectivity index (χ1) is 10.2. The molecule has 2 heterocycles. The van der Waals surface area contributed by atoms with Crippen molar-refractivity contribution in [3.05, 3.63) is 30.1 Å². The van der Waals surface area contributed by atoms with Crippen LogP contribution < -0.4 is 5.32 Å². The summed E-state index contributed by atoms with van der Waals surface area (Å²) in [5.41, 5.74) is 0.750. The Morgan fingerprint density at radius 2 is 2.24 bits per heavy atom. The molecular formula is C14H19N3O4. The van der Waals surface area contributed by atoms with Crippen LogP contribution in [0.4, 0.5) is 5.82 Å². The smallest absolute Gasteiger partial charge is 0.356 e. The number of carbonyl (C=O) groups is 1. The van der Waals surface area contributed by atoms with Gasteiger partial charge in [-0.25, -0.2) is 9.78 Å². The first kappa shape index (κ1) is 15.3. The van der Waals surface area contributed by atoms with Crippen molar-refractivity contribution in [3.8, 4) is 0 Å². The number of carboxylic acid groups (broad SMARTS) is 1. The van der Waals surface area contributed by atoms with Crippen LogP contribution in [-0.2, 0) is 9.47 Å². The maximum atomic E-state index is 11.4. The van der Waals surface area contributed by atoms with Crippen LogP contribution in [0.15, 0.2) is 24.4 Å². The summed E-state index contributed by atoms with van der Waals surface area (Å²) in [7, 11) is 1.63. The number of nitrogens with one attached hydrogen (secondary N) is 1. The predicted octanol–water partition coefficient (Wildman–Crippen LogP) is 1.50. The van der Waals surface area contributed by atoms with Gasteiger partial charge in [-0.15, -0.1) is 0 Å². The quantitative estimate of drug-likeness (QED) is 0.681.